The third-order valence-corrected chi connectivity index (χ3v) is 3.71. The Morgan fingerprint density at radius 3 is 2.56 bits per heavy atom. The molecule has 0 bridgehead atoms. The second kappa shape index (κ2) is 8.77. The summed E-state index contributed by atoms with van der Waals surface area (Å²) < 4.78 is 5.06. The molecular formula is C14H21BrO. The van der Waals surface area contributed by atoms with Crippen LogP contribution in [0, 0.1) is 5.92 Å². The van der Waals surface area contributed by atoms with E-state index in [0.29, 0.717) is 0 Å². The number of unbranched alkanes of at least 4 members (excludes halogenated alkanes) is 1. The van der Waals surface area contributed by atoms with Crippen LogP contribution in [0.2, 0.25) is 0 Å². The van der Waals surface area contributed by atoms with Gasteiger partial charge in [-0.25, -0.2) is 0 Å². The Kier molecular flexibility index (Phi) is 7.52. The summed E-state index contributed by atoms with van der Waals surface area (Å²) in [6, 6.07) is 10.7. The van der Waals surface area contributed by atoms with Crippen LogP contribution in [0.1, 0.15) is 24.8 Å². The van der Waals surface area contributed by atoms with E-state index in [1.54, 1.807) is 7.11 Å². The molecule has 1 atom stereocenters. The summed E-state index contributed by atoms with van der Waals surface area (Å²) in [6.07, 6.45) is 4.90. The molecule has 0 aliphatic carbocycles. The second-order valence-corrected chi connectivity index (χ2v) is 4.85. The molecule has 0 radical (unpaired) electrons. The molecule has 0 aliphatic heterocycles. The molecule has 1 aromatic rings. The van der Waals surface area contributed by atoms with Crippen molar-refractivity contribution in [2.45, 2.75) is 25.7 Å². The van der Waals surface area contributed by atoms with Crippen molar-refractivity contribution in [1.29, 1.82) is 0 Å². The summed E-state index contributed by atoms with van der Waals surface area (Å²) in [5, 5.41) is 1.09. The molecule has 0 amide bonds. The van der Waals surface area contributed by atoms with Crippen molar-refractivity contribution in [2.24, 2.45) is 5.92 Å². The van der Waals surface area contributed by atoms with Crippen molar-refractivity contribution in [2.75, 3.05) is 19.0 Å². The Balaban J connectivity index is 2.26. The minimum absolute atomic E-state index is 0.749. The Labute approximate surface area is 107 Å². The molecule has 1 rings (SSSR count). The van der Waals surface area contributed by atoms with Gasteiger partial charge in [0.25, 0.3) is 0 Å². The van der Waals surface area contributed by atoms with E-state index in [2.05, 4.69) is 46.3 Å². The SMILES string of the molecule is COCCCCC(CBr)Cc1ccccc1. The van der Waals surface area contributed by atoms with Crippen molar-refractivity contribution in [3.8, 4) is 0 Å². The highest BCUT2D eigenvalue weighted by atomic mass is 79.9. The van der Waals surface area contributed by atoms with Crippen LogP contribution in [0.25, 0.3) is 0 Å². The Hall–Kier alpha value is -0.340. The highest BCUT2D eigenvalue weighted by Crippen LogP contribution is 2.17. The van der Waals surface area contributed by atoms with E-state index in [1.165, 1.54) is 31.2 Å². The summed E-state index contributed by atoms with van der Waals surface area (Å²) in [4.78, 5) is 0. The largest absolute Gasteiger partial charge is 0.385 e. The molecule has 0 aliphatic rings. The maximum absolute atomic E-state index is 5.06. The average Bonchev–Trinajstić information content (AvgIpc) is 2.34. The second-order valence-electron chi connectivity index (χ2n) is 4.20. The van der Waals surface area contributed by atoms with Crippen LogP contribution in [0.15, 0.2) is 30.3 Å². The highest BCUT2D eigenvalue weighted by molar-refractivity contribution is 9.09. The molecule has 0 fully saturated rings. The molecule has 0 saturated carbocycles. The lowest BCUT2D eigenvalue weighted by molar-refractivity contribution is 0.190. The van der Waals surface area contributed by atoms with Gasteiger partial charge in [-0.3, -0.25) is 0 Å². The summed E-state index contributed by atoms with van der Waals surface area (Å²) in [5.74, 6) is 0.749. The third-order valence-electron chi connectivity index (χ3n) is 2.80. The van der Waals surface area contributed by atoms with Gasteiger partial charge in [-0.1, -0.05) is 52.7 Å². The van der Waals surface area contributed by atoms with Crippen molar-refractivity contribution < 1.29 is 4.74 Å². The zero-order valence-electron chi connectivity index (χ0n) is 9.99. The fraction of sp³-hybridized carbons (Fsp3) is 0.571. The van der Waals surface area contributed by atoms with E-state index >= 15 is 0 Å². The van der Waals surface area contributed by atoms with Crippen LogP contribution < -0.4 is 0 Å². The van der Waals surface area contributed by atoms with Crippen LogP contribution >= 0.6 is 15.9 Å². The Bertz CT molecular complexity index is 261. The van der Waals surface area contributed by atoms with E-state index in [9.17, 15) is 0 Å². The fourth-order valence-corrected chi connectivity index (χ4v) is 2.41. The van der Waals surface area contributed by atoms with Gasteiger partial charge in [-0.15, -0.1) is 0 Å². The van der Waals surface area contributed by atoms with E-state index in [1.807, 2.05) is 0 Å². The lowest BCUT2D eigenvalue weighted by Crippen LogP contribution is -2.06. The molecule has 90 valence electrons. The van der Waals surface area contributed by atoms with Gasteiger partial charge < -0.3 is 4.74 Å². The van der Waals surface area contributed by atoms with Gasteiger partial charge in [0.15, 0.2) is 0 Å². The maximum Gasteiger partial charge on any atom is 0.0462 e. The van der Waals surface area contributed by atoms with Crippen molar-refractivity contribution in [3.05, 3.63) is 35.9 Å². The molecule has 0 heterocycles. The number of rotatable bonds is 8. The topological polar surface area (TPSA) is 9.23 Å². The number of halogens is 1. The molecule has 1 aromatic carbocycles. The zero-order chi connectivity index (χ0) is 11.6. The number of benzene rings is 1. The number of hydrogen-bond donors (Lipinski definition) is 0. The van der Waals surface area contributed by atoms with Gasteiger partial charge >= 0.3 is 0 Å². The van der Waals surface area contributed by atoms with Gasteiger partial charge in [-0.2, -0.15) is 0 Å². The van der Waals surface area contributed by atoms with Crippen LogP contribution in [-0.4, -0.2) is 19.0 Å². The van der Waals surface area contributed by atoms with Crippen molar-refractivity contribution in [1.82, 2.24) is 0 Å². The first-order valence-corrected chi connectivity index (χ1v) is 7.07. The lowest BCUT2D eigenvalue weighted by Gasteiger charge is -2.13. The molecule has 0 saturated heterocycles. The molecule has 2 heteroatoms. The van der Waals surface area contributed by atoms with Gasteiger partial charge in [0.2, 0.25) is 0 Å². The minimum atomic E-state index is 0.749. The molecule has 16 heavy (non-hydrogen) atoms. The maximum atomic E-state index is 5.06. The number of ether oxygens (including phenoxy) is 1. The van der Waals surface area contributed by atoms with Crippen molar-refractivity contribution in [3.63, 3.8) is 0 Å². The lowest BCUT2D eigenvalue weighted by atomic mass is 9.96. The van der Waals surface area contributed by atoms with Gasteiger partial charge in [0.05, 0.1) is 0 Å². The first-order valence-electron chi connectivity index (χ1n) is 5.95. The molecule has 0 aromatic heterocycles. The van der Waals surface area contributed by atoms with E-state index in [0.717, 1.165) is 17.9 Å². The predicted molar refractivity (Wildman–Crippen MR) is 73.2 cm³/mol. The monoisotopic (exact) mass is 284 g/mol. The third kappa shape index (κ3) is 5.66. The highest BCUT2D eigenvalue weighted by Gasteiger charge is 2.07. The van der Waals surface area contributed by atoms with Crippen LogP contribution in [0.5, 0.6) is 0 Å². The van der Waals surface area contributed by atoms with Gasteiger partial charge in [0.1, 0.15) is 0 Å². The van der Waals surface area contributed by atoms with Crippen molar-refractivity contribution >= 4 is 15.9 Å². The smallest absolute Gasteiger partial charge is 0.0462 e. The predicted octanol–water partition coefficient (Wildman–Crippen LogP) is 4.06. The Morgan fingerprint density at radius 1 is 1.19 bits per heavy atom. The molecule has 1 nitrogen and oxygen atoms in total. The zero-order valence-corrected chi connectivity index (χ0v) is 11.6. The molecule has 0 N–H and O–H groups in total. The fourth-order valence-electron chi connectivity index (χ4n) is 1.86. The Morgan fingerprint density at radius 2 is 1.94 bits per heavy atom. The normalized spacial score (nSPS) is 12.6. The first kappa shape index (κ1) is 13.7. The molecular weight excluding hydrogens is 264 g/mol. The molecule has 1 unspecified atom stereocenters. The van der Waals surface area contributed by atoms with E-state index in [-0.39, 0.29) is 0 Å². The van der Waals surface area contributed by atoms with Gasteiger partial charge in [-0.05, 0) is 30.7 Å². The average molecular weight is 285 g/mol. The van der Waals surface area contributed by atoms with E-state index in [4.69, 9.17) is 4.74 Å². The quantitative estimate of drug-likeness (QED) is 0.517. The summed E-state index contributed by atoms with van der Waals surface area (Å²) >= 11 is 3.61. The summed E-state index contributed by atoms with van der Waals surface area (Å²) in [7, 11) is 1.77. The summed E-state index contributed by atoms with van der Waals surface area (Å²) in [5.41, 5.74) is 1.44. The summed E-state index contributed by atoms with van der Waals surface area (Å²) in [6.45, 7) is 0.889. The molecule has 0 spiro atoms. The standard InChI is InChI=1S/C14H21BrO/c1-16-10-6-5-9-14(12-15)11-13-7-3-2-4-8-13/h2-4,7-8,14H,5-6,9-12H2,1H3. The van der Waals surface area contributed by atoms with E-state index < -0.39 is 0 Å². The number of alkyl halides is 1. The van der Waals surface area contributed by atoms with Crippen LogP contribution in [0.4, 0.5) is 0 Å². The van der Waals surface area contributed by atoms with Crippen LogP contribution in [-0.2, 0) is 11.2 Å². The minimum Gasteiger partial charge on any atom is -0.385 e. The first-order chi connectivity index (χ1) is 7.86. The van der Waals surface area contributed by atoms with Gasteiger partial charge in [0, 0.05) is 19.0 Å². The number of hydrogen-bond acceptors (Lipinski definition) is 1. The van der Waals surface area contributed by atoms with Crippen LogP contribution in [0.3, 0.4) is 0 Å². The number of methoxy groups -OCH3 is 1.